The smallest absolute Gasteiger partial charge is 0.180 e. The van der Waals surface area contributed by atoms with Crippen LogP contribution in [0.15, 0.2) is 34.7 Å². The van der Waals surface area contributed by atoms with E-state index >= 15 is 0 Å². The highest BCUT2D eigenvalue weighted by Crippen LogP contribution is 2.42. The summed E-state index contributed by atoms with van der Waals surface area (Å²) in [6.45, 7) is -0.0408. The quantitative estimate of drug-likeness (QED) is 0.605. The van der Waals surface area contributed by atoms with Gasteiger partial charge in [-0.05, 0) is 6.07 Å². The zero-order chi connectivity index (χ0) is 12.7. The van der Waals surface area contributed by atoms with E-state index < -0.39 is 0 Å². The van der Waals surface area contributed by atoms with Gasteiger partial charge in [-0.2, -0.15) is 0 Å². The Morgan fingerprint density at radius 1 is 0.944 bits per heavy atom. The molecule has 3 aromatic rings. The average molecular weight is 244 g/mol. The zero-order valence-electron chi connectivity index (χ0n) is 9.55. The highest BCUT2D eigenvalue weighted by Gasteiger charge is 2.16. The number of hydrogen-bond donors (Lipinski definition) is 3. The summed E-state index contributed by atoms with van der Waals surface area (Å²) in [6, 6.07) is 8.68. The van der Waals surface area contributed by atoms with Crippen molar-refractivity contribution in [3.8, 4) is 11.5 Å². The van der Waals surface area contributed by atoms with E-state index in [2.05, 4.69) is 0 Å². The molecule has 92 valence electrons. The molecule has 3 N–H and O–H groups in total. The number of aliphatic hydroxyl groups is 1. The van der Waals surface area contributed by atoms with Gasteiger partial charge in [-0.1, -0.05) is 24.3 Å². The van der Waals surface area contributed by atoms with Crippen LogP contribution in [0.3, 0.4) is 0 Å². The first kappa shape index (κ1) is 10.9. The van der Waals surface area contributed by atoms with Gasteiger partial charge in [0.05, 0.1) is 12.0 Å². The molecule has 2 aromatic carbocycles. The molecule has 0 spiro atoms. The molecule has 18 heavy (non-hydrogen) atoms. The van der Waals surface area contributed by atoms with Gasteiger partial charge in [-0.15, -0.1) is 0 Å². The Bertz CT molecular complexity index is 669. The average Bonchev–Trinajstić information content (AvgIpc) is 2.81. The fraction of sp³-hybridized carbons (Fsp3) is 0.143. The Morgan fingerprint density at radius 3 is 2.28 bits per heavy atom. The second kappa shape index (κ2) is 3.92. The molecule has 0 aliphatic carbocycles. The van der Waals surface area contributed by atoms with E-state index in [4.69, 9.17) is 9.52 Å². The molecule has 0 fully saturated rings. The van der Waals surface area contributed by atoms with Crippen LogP contribution in [0, 0.1) is 0 Å². The van der Waals surface area contributed by atoms with Crippen molar-refractivity contribution < 1.29 is 19.7 Å². The summed E-state index contributed by atoms with van der Waals surface area (Å²) in [5.41, 5.74) is 0.259. The number of furan rings is 1. The second-order valence-corrected chi connectivity index (χ2v) is 4.17. The van der Waals surface area contributed by atoms with E-state index in [0.717, 1.165) is 0 Å². The third-order valence-corrected chi connectivity index (χ3v) is 3.05. The number of fused-ring (bicyclic) bond motifs is 2. The monoisotopic (exact) mass is 244 g/mol. The van der Waals surface area contributed by atoms with Crippen LogP contribution in [-0.2, 0) is 6.42 Å². The minimum absolute atomic E-state index is 0.0163. The van der Waals surface area contributed by atoms with E-state index in [1.54, 1.807) is 30.3 Å². The number of phenolic OH excluding ortho intramolecular Hbond substituents is 2. The maximum atomic E-state index is 10.2. The van der Waals surface area contributed by atoms with Gasteiger partial charge in [0, 0.05) is 17.2 Å². The summed E-state index contributed by atoms with van der Waals surface area (Å²) < 4.78 is 5.46. The molecule has 0 saturated heterocycles. The molecule has 4 heteroatoms. The van der Waals surface area contributed by atoms with E-state index in [0.29, 0.717) is 28.3 Å². The molecule has 0 bridgehead atoms. The van der Waals surface area contributed by atoms with Crippen LogP contribution in [0.2, 0.25) is 0 Å². The number of aliphatic hydroxyl groups excluding tert-OH is 1. The molecule has 4 nitrogen and oxygen atoms in total. The van der Waals surface area contributed by atoms with Gasteiger partial charge >= 0.3 is 0 Å². The van der Waals surface area contributed by atoms with Crippen LogP contribution in [-0.4, -0.2) is 21.9 Å². The van der Waals surface area contributed by atoms with Gasteiger partial charge in [-0.25, -0.2) is 0 Å². The normalized spacial score (nSPS) is 11.4. The first-order chi connectivity index (χ1) is 8.72. The van der Waals surface area contributed by atoms with Gasteiger partial charge in [-0.3, -0.25) is 0 Å². The van der Waals surface area contributed by atoms with Gasteiger partial charge in [0.2, 0.25) is 0 Å². The molecule has 0 radical (unpaired) electrons. The van der Waals surface area contributed by atoms with Crippen LogP contribution in [0.1, 0.15) is 5.76 Å². The molecule has 0 atom stereocenters. The lowest BCUT2D eigenvalue weighted by atomic mass is 10.1. The molecule has 1 heterocycles. The molecule has 3 rings (SSSR count). The van der Waals surface area contributed by atoms with Crippen LogP contribution >= 0.6 is 0 Å². The zero-order valence-corrected chi connectivity index (χ0v) is 9.55. The van der Waals surface area contributed by atoms with Gasteiger partial charge in [0.25, 0.3) is 0 Å². The first-order valence-corrected chi connectivity index (χ1v) is 5.68. The minimum atomic E-state index is -0.0408. The summed E-state index contributed by atoms with van der Waals surface area (Å²) in [4.78, 5) is 0. The highest BCUT2D eigenvalue weighted by molar-refractivity contribution is 6.08. The highest BCUT2D eigenvalue weighted by atomic mass is 16.4. The first-order valence-electron chi connectivity index (χ1n) is 5.68. The van der Waals surface area contributed by atoms with Crippen LogP contribution in [0.5, 0.6) is 11.5 Å². The van der Waals surface area contributed by atoms with Gasteiger partial charge in [0.1, 0.15) is 11.5 Å². The fourth-order valence-electron chi connectivity index (χ4n) is 2.19. The number of benzene rings is 2. The number of hydrogen-bond acceptors (Lipinski definition) is 4. The summed E-state index contributed by atoms with van der Waals surface area (Å²) in [6.07, 6.45) is 0.351. The Labute approximate surface area is 103 Å². The van der Waals surface area contributed by atoms with Crippen molar-refractivity contribution in [3.63, 3.8) is 0 Å². The lowest BCUT2D eigenvalue weighted by molar-refractivity contribution is 0.289. The van der Waals surface area contributed by atoms with E-state index in [9.17, 15) is 10.2 Å². The van der Waals surface area contributed by atoms with E-state index in [1.807, 2.05) is 0 Å². The largest absolute Gasteiger partial charge is 0.507 e. The molecule has 0 amide bonds. The fourth-order valence-corrected chi connectivity index (χ4v) is 2.19. The maximum absolute atomic E-state index is 10.2. The number of aromatic hydroxyl groups is 2. The molecule has 1 aromatic heterocycles. The SMILES string of the molecule is OCCc1cc2c(O)c3ccccc3c(O)c2o1. The second-order valence-electron chi connectivity index (χ2n) is 4.17. The Kier molecular flexibility index (Phi) is 2.38. The lowest BCUT2D eigenvalue weighted by Gasteiger charge is -2.04. The number of phenols is 2. The molecular weight excluding hydrogens is 232 g/mol. The summed E-state index contributed by atoms with van der Waals surface area (Å²) in [5.74, 6) is 0.641. The van der Waals surface area contributed by atoms with Crippen molar-refractivity contribution in [1.29, 1.82) is 0 Å². The Hall–Kier alpha value is -2.20. The predicted octanol–water partition coefficient (Wildman–Crippen LogP) is 2.53. The van der Waals surface area contributed by atoms with Crippen LogP contribution < -0.4 is 0 Å². The third-order valence-electron chi connectivity index (χ3n) is 3.05. The van der Waals surface area contributed by atoms with E-state index in [-0.39, 0.29) is 23.7 Å². The van der Waals surface area contributed by atoms with Gasteiger partial charge < -0.3 is 19.7 Å². The lowest BCUT2D eigenvalue weighted by Crippen LogP contribution is -1.85. The molecular formula is C14H12O4. The molecule has 0 aliphatic rings. The van der Waals surface area contributed by atoms with Crippen molar-refractivity contribution in [2.24, 2.45) is 0 Å². The topological polar surface area (TPSA) is 73.8 Å². The maximum Gasteiger partial charge on any atom is 0.180 e. The molecule has 0 saturated carbocycles. The summed E-state index contributed by atoms with van der Waals surface area (Å²) in [5, 5.41) is 30.8. The van der Waals surface area contributed by atoms with Crippen LogP contribution in [0.4, 0.5) is 0 Å². The minimum Gasteiger partial charge on any atom is -0.507 e. The molecule has 0 unspecified atom stereocenters. The van der Waals surface area contributed by atoms with E-state index in [1.165, 1.54) is 0 Å². The molecule has 0 aliphatic heterocycles. The van der Waals surface area contributed by atoms with Gasteiger partial charge in [0.15, 0.2) is 11.3 Å². The number of rotatable bonds is 2. The standard InChI is InChI=1S/C14H12O4/c15-6-5-8-7-11-12(16)9-3-1-2-4-10(9)13(17)14(11)18-8/h1-4,7,15-17H,5-6H2. The van der Waals surface area contributed by atoms with Crippen molar-refractivity contribution in [3.05, 3.63) is 36.1 Å². The van der Waals surface area contributed by atoms with Crippen molar-refractivity contribution in [1.82, 2.24) is 0 Å². The Morgan fingerprint density at radius 2 is 1.61 bits per heavy atom. The Balaban J connectivity index is 2.43. The summed E-state index contributed by atoms with van der Waals surface area (Å²) >= 11 is 0. The van der Waals surface area contributed by atoms with Crippen molar-refractivity contribution in [2.75, 3.05) is 6.61 Å². The summed E-state index contributed by atoms with van der Waals surface area (Å²) in [7, 11) is 0. The van der Waals surface area contributed by atoms with Crippen molar-refractivity contribution >= 4 is 21.7 Å². The third kappa shape index (κ3) is 1.43. The predicted molar refractivity (Wildman–Crippen MR) is 67.8 cm³/mol. The van der Waals surface area contributed by atoms with Crippen molar-refractivity contribution in [2.45, 2.75) is 6.42 Å². The van der Waals surface area contributed by atoms with Crippen LogP contribution in [0.25, 0.3) is 21.7 Å².